The number of aromatic nitrogens is 6. The molecule has 182 valence electrons. The minimum Gasteiger partial charge on any atom is -0.351 e. The molecule has 1 saturated heterocycles. The fraction of sp³-hybridized carbons (Fsp3) is 0.458. The molecule has 2 fully saturated rings. The van der Waals surface area contributed by atoms with Crippen LogP contribution in [-0.2, 0) is 11.3 Å². The first-order valence-corrected chi connectivity index (χ1v) is 11.8. The molecule has 0 aromatic carbocycles. The van der Waals surface area contributed by atoms with Gasteiger partial charge in [-0.1, -0.05) is 0 Å². The van der Waals surface area contributed by atoms with Crippen LogP contribution >= 0.6 is 0 Å². The summed E-state index contributed by atoms with van der Waals surface area (Å²) >= 11 is 0. The molecule has 5 heterocycles. The van der Waals surface area contributed by atoms with E-state index in [0.717, 1.165) is 36.9 Å². The lowest BCUT2D eigenvalue weighted by molar-refractivity contribution is -0.128. The summed E-state index contributed by atoms with van der Waals surface area (Å²) < 4.78 is 27.6. The minimum atomic E-state index is -2.49. The summed E-state index contributed by atoms with van der Waals surface area (Å²) in [6.45, 7) is 4.57. The third kappa shape index (κ3) is 3.88. The van der Waals surface area contributed by atoms with Gasteiger partial charge in [-0.3, -0.25) is 4.79 Å². The third-order valence-corrected chi connectivity index (χ3v) is 7.34. The van der Waals surface area contributed by atoms with Crippen molar-refractivity contribution in [3.63, 3.8) is 0 Å². The zero-order valence-electron chi connectivity index (χ0n) is 19.5. The van der Waals surface area contributed by atoms with E-state index in [1.807, 2.05) is 17.2 Å². The van der Waals surface area contributed by atoms with E-state index < -0.39 is 13.0 Å². The maximum Gasteiger partial charge on any atom is 0.256 e. The van der Waals surface area contributed by atoms with Gasteiger partial charge in [-0.25, -0.2) is 23.7 Å². The molecule has 2 aliphatic rings. The maximum absolute atomic E-state index is 13.1. The number of nitrogens with zero attached hydrogens (tertiary/aromatic N) is 6. The van der Waals surface area contributed by atoms with Gasteiger partial charge in [0, 0.05) is 49.4 Å². The second kappa shape index (κ2) is 8.24. The normalized spacial score (nSPS) is 22.0. The zero-order valence-corrected chi connectivity index (χ0v) is 19.5. The molecule has 0 unspecified atom stereocenters. The molecular weight excluding hydrogens is 454 g/mol. The van der Waals surface area contributed by atoms with Crippen molar-refractivity contribution in [2.24, 2.45) is 11.8 Å². The molecule has 1 saturated carbocycles. The number of nitrogens with one attached hydrogen (secondary N) is 2. The number of imidazole rings is 1. The number of H-pyrrole nitrogens is 1. The van der Waals surface area contributed by atoms with Gasteiger partial charge in [0.1, 0.15) is 17.0 Å². The van der Waals surface area contributed by atoms with Gasteiger partial charge in [0.15, 0.2) is 5.65 Å². The number of aromatic amines is 1. The zero-order chi connectivity index (χ0) is 24.3. The number of likely N-dealkylation sites (tertiary alicyclic amines) is 1. The quantitative estimate of drug-likeness (QED) is 0.452. The van der Waals surface area contributed by atoms with Crippen LogP contribution in [-0.4, -0.2) is 65.9 Å². The Labute approximate surface area is 200 Å². The number of hydrogen-bond donors (Lipinski definition) is 2. The maximum atomic E-state index is 13.1. The molecule has 2 N–H and O–H groups in total. The molecule has 4 aromatic rings. The van der Waals surface area contributed by atoms with Crippen LogP contribution in [0.25, 0.3) is 33.5 Å². The summed E-state index contributed by atoms with van der Waals surface area (Å²) in [5.74, 6) is 2.28. The van der Waals surface area contributed by atoms with E-state index in [1.54, 1.807) is 26.1 Å². The highest BCUT2D eigenvalue weighted by Gasteiger charge is 2.41. The van der Waals surface area contributed by atoms with E-state index in [2.05, 4.69) is 30.2 Å². The molecule has 0 bridgehead atoms. The largest absolute Gasteiger partial charge is 0.351 e. The molecule has 11 heteroatoms. The Morgan fingerprint density at radius 2 is 1.97 bits per heavy atom. The van der Waals surface area contributed by atoms with Crippen LogP contribution in [0.15, 0.2) is 24.5 Å². The van der Waals surface area contributed by atoms with Crippen LogP contribution in [0.4, 0.5) is 14.7 Å². The topological polar surface area (TPSA) is 105 Å². The smallest absolute Gasteiger partial charge is 0.256 e. The Hall–Kier alpha value is -3.63. The Kier molecular flexibility index (Phi) is 5.15. The highest BCUT2D eigenvalue weighted by Crippen LogP contribution is 2.39. The summed E-state index contributed by atoms with van der Waals surface area (Å²) in [5, 5.41) is 4.27. The molecule has 1 amide bonds. The number of amides is 1. The molecule has 6 rings (SSSR count). The predicted molar refractivity (Wildman–Crippen MR) is 127 cm³/mol. The number of carbonyl (C=O) groups is 1. The first-order chi connectivity index (χ1) is 16.9. The molecule has 1 aliphatic heterocycles. The lowest BCUT2D eigenvalue weighted by Crippen LogP contribution is -2.29. The molecule has 0 radical (unpaired) electrons. The highest BCUT2D eigenvalue weighted by atomic mass is 19.3. The summed E-state index contributed by atoms with van der Waals surface area (Å²) in [6.07, 6.45) is 3.09. The SMILES string of the molecule is CC(=O)N1C[C@H]2C[C@H](Nc3ncc4c(-c5ccc6nc(C)n(CC(F)F)c6n5)c[nH]c4n3)C[C@H]2C1. The summed E-state index contributed by atoms with van der Waals surface area (Å²) in [7, 11) is 0. The Bertz CT molecular complexity index is 1420. The molecule has 35 heavy (non-hydrogen) atoms. The minimum absolute atomic E-state index is 0.155. The lowest BCUT2D eigenvalue weighted by atomic mass is 10.0. The van der Waals surface area contributed by atoms with E-state index in [9.17, 15) is 13.6 Å². The first kappa shape index (κ1) is 21.9. The average molecular weight is 481 g/mol. The van der Waals surface area contributed by atoms with Gasteiger partial charge in [0.2, 0.25) is 11.9 Å². The van der Waals surface area contributed by atoms with Gasteiger partial charge in [-0.05, 0) is 43.7 Å². The average Bonchev–Trinajstić information content (AvgIpc) is 3.55. The number of alkyl halides is 2. The molecular formula is C24H26F2N8O. The summed E-state index contributed by atoms with van der Waals surface area (Å²) in [4.78, 5) is 35.0. The van der Waals surface area contributed by atoms with Crippen molar-refractivity contribution >= 4 is 34.1 Å². The second-order valence-corrected chi connectivity index (χ2v) is 9.61. The molecule has 3 atom stereocenters. The van der Waals surface area contributed by atoms with Crippen LogP contribution in [0.1, 0.15) is 25.6 Å². The number of pyridine rings is 1. The number of carbonyl (C=O) groups excluding carboxylic acids is 1. The number of hydrogen-bond acceptors (Lipinski definition) is 6. The van der Waals surface area contributed by atoms with Gasteiger partial charge >= 0.3 is 0 Å². The standard InChI is InChI=1S/C24H26F2N8O/c1-12-29-20-4-3-19(31-23(20)34(12)11-21(25)26)17-7-27-22-18(17)8-28-24(32-22)30-16-5-14-9-33(13(2)35)10-15(14)6-16/h3-4,7-8,14-16,21H,5-6,9-11H2,1-2H3,(H2,27,28,30,32)/t14-,15+,16+. The molecule has 4 aromatic heterocycles. The molecule has 9 nitrogen and oxygen atoms in total. The number of halogens is 2. The van der Waals surface area contributed by atoms with Crippen molar-refractivity contribution in [3.8, 4) is 11.3 Å². The summed E-state index contributed by atoms with van der Waals surface area (Å²) in [5.41, 5.74) is 3.14. The first-order valence-electron chi connectivity index (χ1n) is 11.8. The number of rotatable bonds is 5. The number of anilines is 1. The van der Waals surface area contributed by atoms with Gasteiger partial charge in [-0.2, -0.15) is 4.98 Å². The fourth-order valence-corrected chi connectivity index (χ4v) is 5.67. The van der Waals surface area contributed by atoms with E-state index in [-0.39, 0.29) is 11.9 Å². The Morgan fingerprint density at radius 1 is 1.20 bits per heavy atom. The van der Waals surface area contributed by atoms with E-state index in [4.69, 9.17) is 0 Å². The van der Waals surface area contributed by atoms with E-state index in [1.165, 1.54) is 4.57 Å². The van der Waals surface area contributed by atoms with Gasteiger partial charge in [-0.15, -0.1) is 0 Å². The highest BCUT2D eigenvalue weighted by molar-refractivity contribution is 5.93. The van der Waals surface area contributed by atoms with Crippen LogP contribution in [0.5, 0.6) is 0 Å². The monoisotopic (exact) mass is 480 g/mol. The predicted octanol–water partition coefficient (Wildman–Crippen LogP) is 3.61. The third-order valence-electron chi connectivity index (χ3n) is 7.34. The molecule has 1 aliphatic carbocycles. The van der Waals surface area contributed by atoms with Crippen molar-refractivity contribution in [1.82, 2.24) is 34.4 Å². The van der Waals surface area contributed by atoms with Crippen LogP contribution < -0.4 is 5.32 Å². The number of fused-ring (bicyclic) bond motifs is 3. The lowest BCUT2D eigenvalue weighted by Gasteiger charge is -2.18. The molecule has 0 spiro atoms. The van der Waals surface area contributed by atoms with Crippen molar-refractivity contribution in [3.05, 3.63) is 30.4 Å². The van der Waals surface area contributed by atoms with Crippen molar-refractivity contribution < 1.29 is 13.6 Å². The van der Waals surface area contributed by atoms with Crippen molar-refractivity contribution in [2.45, 2.75) is 45.7 Å². The summed E-state index contributed by atoms with van der Waals surface area (Å²) in [6, 6.07) is 3.91. The number of aryl methyl sites for hydroxylation is 1. The fourth-order valence-electron chi connectivity index (χ4n) is 5.67. The van der Waals surface area contributed by atoms with E-state index in [0.29, 0.717) is 46.1 Å². The van der Waals surface area contributed by atoms with Crippen LogP contribution in [0, 0.1) is 18.8 Å². The van der Waals surface area contributed by atoms with Crippen molar-refractivity contribution in [2.75, 3.05) is 18.4 Å². The van der Waals surface area contributed by atoms with Gasteiger partial charge in [0.05, 0.1) is 12.2 Å². The second-order valence-electron chi connectivity index (χ2n) is 9.61. The van der Waals surface area contributed by atoms with Crippen molar-refractivity contribution in [1.29, 1.82) is 0 Å². The van der Waals surface area contributed by atoms with Crippen LogP contribution in [0.3, 0.4) is 0 Å². The van der Waals surface area contributed by atoms with Crippen LogP contribution in [0.2, 0.25) is 0 Å². The Morgan fingerprint density at radius 3 is 2.69 bits per heavy atom. The van der Waals surface area contributed by atoms with Gasteiger partial charge in [0.25, 0.3) is 6.43 Å². The van der Waals surface area contributed by atoms with E-state index >= 15 is 0 Å². The Balaban J connectivity index is 1.23. The van der Waals surface area contributed by atoms with Gasteiger partial charge < -0.3 is 19.8 Å².